The van der Waals surface area contributed by atoms with Gasteiger partial charge in [-0.05, 0) is 40.2 Å². The highest BCUT2D eigenvalue weighted by Crippen LogP contribution is 2.24. The Morgan fingerprint density at radius 1 is 1.30 bits per heavy atom. The number of hydrogen-bond acceptors (Lipinski definition) is 3. The number of carbonyl (C=O) groups is 1. The summed E-state index contributed by atoms with van der Waals surface area (Å²) in [5.74, 6) is 0.889. The van der Waals surface area contributed by atoms with Crippen LogP contribution in [0.4, 0.5) is 5.69 Å². The van der Waals surface area contributed by atoms with Crippen LogP contribution >= 0.6 is 15.9 Å². The number of nitrogens with zero attached hydrogens (tertiary/aromatic N) is 3. The summed E-state index contributed by atoms with van der Waals surface area (Å²) >= 11 is 3.37. The van der Waals surface area contributed by atoms with Gasteiger partial charge in [-0.15, -0.1) is 0 Å². The molecule has 1 aromatic heterocycles. The van der Waals surface area contributed by atoms with E-state index in [0.29, 0.717) is 13.2 Å². The summed E-state index contributed by atoms with van der Waals surface area (Å²) in [7, 11) is 1.95. The number of morpholine rings is 1. The lowest BCUT2D eigenvalue weighted by Crippen LogP contribution is -2.41. The zero-order valence-corrected chi connectivity index (χ0v) is 12.6. The van der Waals surface area contributed by atoms with Crippen molar-refractivity contribution < 1.29 is 9.53 Å². The van der Waals surface area contributed by atoms with Gasteiger partial charge in [0.15, 0.2) is 0 Å². The summed E-state index contributed by atoms with van der Waals surface area (Å²) in [5, 5.41) is 0. The van der Waals surface area contributed by atoms with E-state index in [0.717, 1.165) is 21.7 Å². The van der Waals surface area contributed by atoms with E-state index in [1.807, 2.05) is 42.1 Å². The third-order valence-electron chi connectivity index (χ3n) is 3.27. The van der Waals surface area contributed by atoms with Crippen LogP contribution in [-0.4, -0.2) is 35.2 Å². The van der Waals surface area contributed by atoms with Crippen LogP contribution < -0.4 is 4.90 Å². The lowest BCUT2D eigenvalue weighted by atomic mass is 10.1. The van der Waals surface area contributed by atoms with Crippen molar-refractivity contribution in [2.75, 3.05) is 24.7 Å². The molecule has 0 atom stereocenters. The largest absolute Gasteiger partial charge is 0.370 e. The van der Waals surface area contributed by atoms with Crippen LogP contribution in [0.25, 0.3) is 11.4 Å². The van der Waals surface area contributed by atoms with E-state index < -0.39 is 0 Å². The number of imidazole rings is 1. The van der Waals surface area contributed by atoms with Crippen LogP contribution in [0.5, 0.6) is 0 Å². The van der Waals surface area contributed by atoms with E-state index in [1.54, 1.807) is 4.90 Å². The molecule has 2 heterocycles. The Kier molecular flexibility index (Phi) is 3.58. The number of hydrogen-bond donors (Lipinski definition) is 0. The predicted molar refractivity (Wildman–Crippen MR) is 79.5 cm³/mol. The smallest absolute Gasteiger partial charge is 0.253 e. The fourth-order valence-electron chi connectivity index (χ4n) is 2.28. The number of rotatable bonds is 2. The number of amides is 1. The predicted octanol–water partition coefficient (Wildman–Crippen LogP) is 2.21. The average molecular weight is 336 g/mol. The van der Waals surface area contributed by atoms with Crippen molar-refractivity contribution in [3.8, 4) is 11.4 Å². The molecule has 1 aliphatic rings. The van der Waals surface area contributed by atoms with Crippen LogP contribution in [0.15, 0.2) is 35.1 Å². The lowest BCUT2D eigenvalue weighted by molar-refractivity contribution is -0.125. The van der Waals surface area contributed by atoms with Crippen molar-refractivity contribution in [3.05, 3.63) is 35.1 Å². The van der Waals surface area contributed by atoms with E-state index >= 15 is 0 Å². The van der Waals surface area contributed by atoms with Crippen molar-refractivity contribution >= 4 is 27.5 Å². The molecule has 0 radical (unpaired) electrons. The minimum atomic E-state index is 0.00346. The topological polar surface area (TPSA) is 47.4 Å². The standard InChI is InChI=1S/C14H14BrN3O2/c1-17-8-12(15)16-14(17)10-2-4-11(5-3-10)18-6-7-20-9-13(18)19/h2-5,8H,6-7,9H2,1H3. The molecule has 1 fully saturated rings. The van der Waals surface area contributed by atoms with Crippen molar-refractivity contribution in [2.45, 2.75) is 0 Å². The van der Waals surface area contributed by atoms with Gasteiger partial charge in [0.25, 0.3) is 5.91 Å². The van der Waals surface area contributed by atoms with Crippen LogP contribution in [0.3, 0.4) is 0 Å². The van der Waals surface area contributed by atoms with Gasteiger partial charge in [0.2, 0.25) is 0 Å². The van der Waals surface area contributed by atoms with E-state index in [1.165, 1.54) is 0 Å². The molecule has 1 saturated heterocycles. The third kappa shape index (κ3) is 2.48. The summed E-state index contributed by atoms with van der Waals surface area (Å²) in [5.41, 5.74) is 1.91. The van der Waals surface area contributed by atoms with Crippen LogP contribution in [0, 0.1) is 0 Å². The number of anilines is 1. The van der Waals surface area contributed by atoms with Gasteiger partial charge in [0.1, 0.15) is 17.0 Å². The molecule has 1 aromatic carbocycles. The summed E-state index contributed by atoms with van der Waals surface area (Å²) in [6, 6.07) is 7.85. The Morgan fingerprint density at radius 3 is 2.65 bits per heavy atom. The van der Waals surface area contributed by atoms with Crippen molar-refractivity contribution in [1.29, 1.82) is 0 Å². The normalized spacial score (nSPS) is 15.7. The SMILES string of the molecule is Cn1cc(Br)nc1-c1ccc(N2CCOCC2=O)cc1. The molecule has 20 heavy (non-hydrogen) atoms. The third-order valence-corrected chi connectivity index (χ3v) is 3.65. The Morgan fingerprint density at radius 2 is 2.05 bits per heavy atom. The zero-order chi connectivity index (χ0) is 14.1. The van der Waals surface area contributed by atoms with Crippen molar-refractivity contribution in [3.63, 3.8) is 0 Å². The molecule has 1 amide bonds. The molecule has 6 heteroatoms. The fourth-order valence-corrected chi connectivity index (χ4v) is 2.75. The van der Waals surface area contributed by atoms with E-state index in [-0.39, 0.29) is 12.5 Å². The van der Waals surface area contributed by atoms with Gasteiger partial charge in [0.05, 0.1) is 6.61 Å². The highest BCUT2D eigenvalue weighted by atomic mass is 79.9. The Labute approximate surface area is 125 Å². The Hall–Kier alpha value is -1.66. The van der Waals surface area contributed by atoms with Gasteiger partial charge in [-0.25, -0.2) is 4.98 Å². The second-order valence-corrected chi connectivity index (χ2v) is 5.46. The number of aromatic nitrogens is 2. The minimum absolute atomic E-state index is 0.00346. The van der Waals surface area contributed by atoms with Crippen LogP contribution in [-0.2, 0) is 16.6 Å². The van der Waals surface area contributed by atoms with Gasteiger partial charge in [0, 0.05) is 31.0 Å². The molecule has 0 aliphatic carbocycles. The first kappa shape index (κ1) is 13.3. The molecule has 2 aromatic rings. The molecule has 104 valence electrons. The van der Waals surface area contributed by atoms with E-state index in [9.17, 15) is 4.79 Å². The molecule has 0 bridgehead atoms. The maximum atomic E-state index is 11.8. The molecular weight excluding hydrogens is 322 g/mol. The molecule has 1 aliphatic heterocycles. The number of carbonyl (C=O) groups excluding carboxylic acids is 1. The second-order valence-electron chi connectivity index (χ2n) is 4.64. The average Bonchev–Trinajstić information content (AvgIpc) is 2.79. The Balaban J connectivity index is 1.87. The number of aryl methyl sites for hydroxylation is 1. The molecule has 0 unspecified atom stereocenters. The first-order chi connectivity index (χ1) is 9.65. The molecule has 5 nitrogen and oxygen atoms in total. The monoisotopic (exact) mass is 335 g/mol. The highest BCUT2D eigenvalue weighted by molar-refractivity contribution is 9.10. The highest BCUT2D eigenvalue weighted by Gasteiger charge is 2.20. The summed E-state index contributed by atoms with van der Waals surface area (Å²) in [4.78, 5) is 18.0. The molecular formula is C14H14BrN3O2. The van der Waals surface area contributed by atoms with Crippen molar-refractivity contribution in [2.24, 2.45) is 7.05 Å². The Bertz CT molecular complexity index is 636. The molecule has 0 N–H and O–H groups in total. The van der Waals surface area contributed by atoms with Gasteiger partial charge in [-0.2, -0.15) is 0 Å². The second kappa shape index (κ2) is 5.38. The van der Waals surface area contributed by atoms with Gasteiger partial charge < -0.3 is 14.2 Å². The summed E-state index contributed by atoms with van der Waals surface area (Å²) in [6.45, 7) is 1.35. The molecule has 0 spiro atoms. The van der Waals surface area contributed by atoms with E-state index in [2.05, 4.69) is 20.9 Å². The summed E-state index contributed by atoms with van der Waals surface area (Å²) in [6.07, 6.45) is 1.91. The van der Waals surface area contributed by atoms with E-state index in [4.69, 9.17) is 4.74 Å². The van der Waals surface area contributed by atoms with Gasteiger partial charge in [-0.3, -0.25) is 4.79 Å². The lowest BCUT2D eigenvalue weighted by Gasteiger charge is -2.26. The van der Waals surface area contributed by atoms with Gasteiger partial charge >= 0.3 is 0 Å². The number of benzene rings is 1. The van der Waals surface area contributed by atoms with Crippen LogP contribution in [0.2, 0.25) is 0 Å². The van der Waals surface area contributed by atoms with Gasteiger partial charge in [-0.1, -0.05) is 0 Å². The quantitative estimate of drug-likeness (QED) is 0.845. The van der Waals surface area contributed by atoms with Crippen LogP contribution in [0.1, 0.15) is 0 Å². The number of ether oxygens (including phenoxy) is 1. The minimum Gasteiger partial charge on any atom is -0.370 e. The maximum Gasteiger partial charge on any atom is 0.253 e. The summed E-state index contributed by atoms with van der Waals surface area (Å²) < 4.78 is 7.90. The maximum absolute atomic E-state index is 11.8. The fraction of sp³-hybridized carbons (Fsp3) is 0.286. The molecule has 3 rings (SSSR count). The zero-order valence-electron chi connectivity index (χ0n) is 11.0. The number of halogens is 1. The first-order valence-electron chi connectivity index (χ1n) is 6.32. The van der Waals surface area contributed by atoms with Crippen molar-refractivity contribution in [1.82, 2.24) is 9.55 Å². The first-order valence-corrected chi connectivity index (χ1v) is 7.12. The molecule has 0 saturated carbocycles.